The van der Waals surface area contributed by atoms with Crippen molar-refractivity contribution in [1.29, 1.82) is 0 Å². The van der Waals surface area contributed by atoms with Crippen molar-refractivity contribution in [3.8, 4) is 17.1 Å². The molecule has 100 valence electrons. The number of rotatable bonds is 2. The maximum Gasteiger partial charge on any atom is 0.187 e. The van der Waals surface area contributed by atoms with Gasteiger partial charge >= 0.3 is 0 Å². The van der Waals surface area contributed by atoms with Gasteiger partial charge < -0.3 is 5.73 Å². The molecule has 2 aromatic carbocycles. The fraction of sp³-hybridized carbons (Fsp3) is 0. The number of hydrogen-bond acceptors (Lipinski definition) is 4. The fourth-order valence-corrected chi connectivity index (χ4v) is 2.02. The molecule has 0 saturated heterocycles. The Morgan fingerprint density at radius 3 is 2.75 bits per heavy atom. The third-order valence-corrected chi connectivity index (χ3v) is 2.99. The molecule has 0 radical (unpaired) electrons. The summed E-state index contributed by atoms with van der Waals surface area (Å²) in [5, 5.41) is 11.6. The minimum absolute atomic E-state index is 0.219. The normalized spacial score (nSPS) is 10.7. The Balaban J connectivity index is 2.15. The molecule has 0 fully saturated rings. The molecule has 2 N–H and O–H groups in total. The highest BCUT2D eigenvalue weighted by molar-refractivity contribution is 6.30. The monoisotopic (exact) mass is 289 g/mol. The Morgan fingerprint density at radius 1 is 1.15 bits per heavy atom. The first-order valence-corrected chi connectivity index (χ1v) is 6.12. The van der Waals surface area contributed by atoms with Crippen molar-refractivity contribution >= 4 is 17.3 Å². The maximum absolute atomic E-state index is 14.0. The third-order valence-electron chi connectivity index (χ3n) is 2.75. The fourth-order valence-electron chi connectivity index (χ4n) is 1.86. The van der Waals surface area contributed by atoms with E-state index in [4.69, 9.17) is 17.3 Å². The Hall–Kier alpha value is -2.47. The molecule has 0 aliphatic rings. The van der Waals surface area contributed by atoms with Crippen LogP contribution < -0.4 is 5.73 Å². The van der Waals surface area contributed by atoms with Crippen molar-refractivity contribution in [3.05, 3.63) is 53.3 Å². The van der Waals surface area contributed by atoms with Crippen LogP contribution >= 0.6 is 11.6 Å². The first-order valence-electron chi connectivity index (χ1n) is 5.75. The molecular formula is C13H9ClFN5. The van der Waals surface area contributed by atoms with Crippen LogP contribution in [0.3, 0.4) is 0 Å². The van der Waals surface area contributed by atoms with Gasteiger partial charge in [0.15, 0.2) is 5.82 Å². The second kappa shape index (κ2) is 4.90. The van der Waals surface area contributed by atoms with E-state index < -0.39 is 5.82 Å². The SMILES string of the molecule is Nc1cccc(-c2nnnn2-c2ccc(Cl)cc2F)c1. The molecule has 1 aromatic heterocycles. The number of benzene rings is 2. The maximum atomic E-state index is 14.0. The van der Waals surface area contributed by atoms with Crippen LogP contribution in [0, 0.1) is 5.82 Å². The zero-order valence-corrected chi connectivity index (χ0v) is 10.9. The van der Waals surface area contributed by atoms with Gasteiger partial charge in [-0.1, -0.05) is 23.7 Å². The Kier molecular flexibility index (Phi) is 3.08. The standard InChI is InChI=1S/C13H9ClFN5/c14-9-4-5-12(11(15)7-9)20-13(17-18-19-20)8-2-1-3-10(16)6-8/h1-7H,16H2. The molecule has 0 bridgehead atoms. The van der Waals surface area contributed by atoms with E-state index in [1.54, 1.807) is 30.3 Å². The van der Waals surface area contributed by atoms with E-state index in [2.05, 4.69) is 15.5 Å². The van der Waals surface area contributed by atoms with Gasteiger partial charge in [0.05, 0.1) is 0 Å². The smallest absolute Gasteiger partial charge is 0.187 e. The summed E-state index contributed by atoms with van der Waals surface area (Å²) in [5.74, 6) is -0.103. The lowest BCUT2D eigenvalue weighted by Crippen LogP contribution is -2.02. The number of hydrogen-bond donors (Lipinski definition) is 1. The summed E-state index contributed by atoms with van der Waals surface area (Å²) >= 11 is 5.74. The van der Waals surface area contributed by atoms with Gasteiger partial charge in [-0.3, -0.25) is 0 Å². The first kappa shape index (κ1) is 12.6. The van der Waals surface area contributed by atoms with Crippen LogP contribution in [0.1, 0.15) is 0 Å². The number of halogens is 2. The summed E-state index contributed by atoms with van der Waals surface area (Å²) in [6, 6.07) is 11.3. The molecule has 0 aliphatic carbocycles. The van der Waals surface area contributed by atoms with Crippen LogP contribution in [0.4, 0.5) is 10.1 Å². The van der Waals surface area contributed by atoms with Crippen molar-refractivity contribution in [2.45, 2.75) is 0 Å². The number of aromatic nitrogens is 4. The molecule has 0 amide bonds. The average molecular weight is 290 g/mol. The Labute approximate surface area is 118 Å². The molecule has 5 nitrogen and oxygen atoms in total. The number of nitrogens with zero attached hydrogens (tertiary/aromatic N) is 4. The van der Waals surface area contributed by atoms with Crippen LogP contribution in [-0.2, 0) is 0 Å². The minimum atomic E-state index is -0.505. The first-order chi connectivity index (χ1) is 9.65. The molecular weight excluding hydrogens is 281 g/mol. The van der Waals surface area contributed by atoms with Crippen LogP contribution in [0.25, 0.3) is 17.1 Å². The summed E-state index contributed by atoms with van der Waals surface area (Å²) in [5.41, 5.74) is 7.23. The second-order valence-electron chi connectivity index (χ2n) is 4.14. The van der Waals surface area contributed by atoms with Crippen LogP contribution in [0.2, 0.25) is 5.02 Å². The highest BCUT2D eigenvalue weighted by Gasteiger charge is 2.14. The molecule has 0 saturated carbocycles. The van der Waals surface area contributed by atoms with Gasteiger partial charge in [0, 0.05) is 16.3 Å². The highest BCUT2D eigenvalue weighted by Crippen LogP contribution is 2.24. The van der Waals surface area contributed by atoms with E-state index in [9.17, 15) is 4.39 Å². The summed E-state index contributed by atoms with van der Waals surface area (Å²) in [4.78, 5) is 0. The molecule has 0 aliphatic heterocycles. The molecule has 20 heavy (non-hydrogen) atoms. The lowest BCUT2D eigenvalue weighted by atomic mass is 10.2. The van der Waals surface area contributed by atoms with Gasteiger partial charge in [0.2, 0.25) is 0 Å². The predicted molar refractivity (Wildman–Crippen MR) is 74.0 cm³/mol. The van der Waals surface area contributed by atoms with Gasteiger partial charge in [0.25, 0.3) is 0 Å². The minimum Gasteiger partial charge on any atom is -0.399 e. The van der Waals surface area contributed by atoms with E-state index in [0.29, 0.717) is 22.1 Å². The molecule has 0 spiro atoms. The average Bonchev–Trinajstić information content (AvgIpc) is 2.87. The number of nitrogen functional groups attached to an aromatic ring is 1. The van der Waals surface area contributed by atoms with E-state index in [1.807, 2.05) is 0 Å². The molecule has 3 rings (SSSR count). The third kappa shape index (κ3) is 2.21. The van der Waals surface area contributed by atoms with Crippen molar-refractivity contribution in [3.63, 3.8) is 0 Å². The number of anilines is 1. The predicted octanol–water partition coefficient (Wildman–Crippen LogP) is 2.70. The topological polar surface area (TPSA) is 69.6 Å². The lowest BCUT2D eigenvalue weighted by Gasteiger charge is -2.06. The molecule has 1 heterocycles. The van der Waals surface area contributed by atoms with E-state index in [-0.39, 0.29) is 5.69 Å². The van der Waals surface area contributed by atoms with E-state index in [0.717, 1.165) is 0 Å². The van der Waals surface area contributed by atoms with Crippen LogP contribution in [0.15, 0.2) is 42.5 Å². The zero-order valence-electron chi connectivity index (χ0n) is 10.2. The summed E-state index contributed by atoms with van der Waals surface area (Å²) < 4.78 is 15.3. The Bertz CT molecular complexity index is 771. The molecule has 3 aromatic rings. The van der Waals surface area contributed by atoms with Crippen molar-refractivity contribution < 1.29 is 4.39 Å². The van der Waals surface area contributed by atoms with Crippen molar-refractivity contribution in [2.75, 3.05) is 5.73 Å². The summed E-state index contributed by atoms with van der Waals surface area (Å²) in [6.07, 6.45) is 0. The summed E-state index contributed by atoms with van der Waals surface area (Å²) in [7, 11) is 0. The van der Waals surface area contributed by atoms with Gasteiger partial charge in [-0.25, -0.2) is 4.39 Å². The van der Waals surface area contributed by atoms with Gasteiger partial charge in [0.1, 0.15) is 11.5 Å². The van der Waals surface area contributed by atoms with E-state index in [1.165, 1.54) is 16.8 Å². The highest BCUT2D eigenvalue weighted by atomic mass is 35.5. The summed E-state index contributed by atoms with van der Waals surface area (Å²) in [6.45, 7) is 0. The molecule has 0 atom stereocenters. The van der Waals surface area contributed by atoms with Gasteiger partial charge in [-0.2, -0.15) is 4.68 Å². The quantitative estimate of drug-likeness (QED) is 0.736. The lowest BCUT2D eigenvalue weighted by molar-refractivity contribution is 0.608. The number of nitrogens with two attached hydrogens (primary N) is 1. The zero-order chi connectivity index (χ0) is 14.1. The second-order valence-corrected chi connectivity index (χ2v) is 4.57. The Morgan fingerprint density at radius 2 is 2.00 bits per heavy atom. The van der Waals surface area contributed by atoms with Gasteiger partial charge in [-0.15, -0.1) is 5.10 Å². The van der Waals surface area contributed by atoms with E-state index >= 15 is 0 Å². The van der Waals surface area contributed by atoms with Crippen molar-refractivity contribution in [1.82, 2.24) is 20.2 Å². The van der Waals surface area contributed by atoms with Crippen molar-refractivity contribution in [2.24, 2.45) is 0 Å². The largest absolute Gasteiger partial charge is 0.399 e. The van der Waals surface area contributed by atoms with Gasteiger partial charge in [-0.05, 0) is 40.8 Å². The molecule has 7 heteroatoms. The molecule has 0 unspecified atom stereocenters. The van der Waals surface area contributed by atoms with Crippen LogP contribution in [-0.4, -0.2) is 20.2 Å². The number of tetrazole rings is 1. The van der Waals surface area contributed by atoms with Crippen LogP contribution in [0.5, 0.6) is 0 Å².